The van der Waals surface area contributed by atoms with Crippen LogP contribution in [0.3, 0.4) is 0 Å². The maximum atomic E-state index is 10.7. The molecular weight excluding hydrogens is 258 g/mol. The molecule has 3 N–H and O–H groups in total. The molecule has 0 amide bonds. The smallest absolute Gasteiger partial charge is 0.320 e. The molecule has 1 aliphatic heterocycles. The maximum absolute atomic E-state index is 10.7. The van der Waals surface area contributed by atoms with Crippen LogP contribution in [0.2, 0.25) is 0 Å². The Bertz CT molecular complexity index is 448. The van der Waals surface area contributed by atoms with Crippen LogP contribution in [0, 0.1) is 0 Å². The molecule has 2 rings (SSSR count). The zero-order chi connectivity index (χ0) is 11.5. The summed E-state index contributed by atoms with van der Waals surface area (Å²) in [5.41, 5.74) is 7.87. The van der Waals surface area contributed by atoms with Crippen molar-refractivity contribution in [3.05, 3.63) is 40.8 Å². The van der Waals surface area contributed by atoms with Gasteiger partial charge in [0.1, 0.15) is 6.04 Å². The van der Waals surface area contributed by atoms with Crippen LogP contribution in [0.5, 0.6) is 0 Å². The molecule has 1 atom stereocenters. The summed E-state index contributed by atoms with van der Waals surface area (Å²) >= 11 is 1.64. The number of carboxylic acids is 1. The molecule has 1 heterocycles. The van der Waals surface area contributed by atoms with E-state index in [-0.39, 0.29) is 12.4 Å². The Hall–Kier alpha value is -0.970. The summed E-state index contributed by atoms with van der Waals surface area (Å²) in [6, 6.07) is 7.36. The van der Waals surface area contributed by atoms with Gasteiger partial charge in [-0.2, -0.15) is 0 Å². The van der Waals surface area contributed by atoms with E-state index in [0.29, 0.717) is 6.42 Å². The van der Waals surface area contributed by atoms with E-state index < -0.39 is 12.0 Å². The summed E-state index contributed by atoms with van der Waals surface area (Å²) in [6.45, 7) is 0. The van der Waals surface area contributed by atoms with Gasteiger partial charge in [0.25, 0.3) is 0 Å². The first kappa shape index (κ1) is 14.1. The van der Waals surface area contributed by atoms with E-state index >= 15 is 0 Å². The Morgan fingerprint density at radius 1 is 1.47 bits per heavy atom. The number of thioether (sulfide) groups is 1. The van der Waals surface area contributed by atoms with Gasteiger partial charge < -0.3 is 10.8 Å². The normalized spacial score (nSPS) is 15.2. The predicted octanol–water partition coefficient (Wildman–Crippen LogP) is 2.44. The first-order valence-corrected chi connectivity index (χ1v) is 5.95. The molecule has 0 aliphatic carbocycles. The van der Waals surface area contributed by atoms with E-state index in [1.165, 1.54) is 10.5 Å². The Morgan fingerprint density at radius 2 is 2.18 bits per heavy atom. The molecule has 92 valence electrons. The third kappa shape index (κ3) is 3.49. The highest BCUT2D eigenvalue weighted by molar-refractivity contribution is 8.02. The first-order valence-electron chi connectivity index (χ1n) is 5.07. The van der Waals surface area contributed by atoms with Gasteiger partial charge in [0.2, 0.25) is 0 Å². The predicted molar refractivity (Wildman–Crippen MR) is 71.6 cm³/mol. The number of rotatable bonds is 3. The molecule has 1 aromatic rings. The van der Waals surface area contributed by atoms with E-state index in [2.05, 4.69) is 12.1 Å². The molecular formula is C12H14ClNO2S. The third-order valence-corrected chi connectivity index (χ3v) is 3.65. The molecule has 0 aromatic heterocycles. The highest BCUT2D eigenvalue weighted by Crippen LogP contribution is 2.33. The van der Waals surface area contributed by atoms with Crippen molar-refractivity contribution >= 4 is 30.1 Å². The molecule has 1 aliphatic rings. The Balaban J connectivity index is 0.00000144. The van der Waals surface area contributed by atoms with E-state index in [0.717, 1.165) is 12.0 Å². The van der Waals surface area contributed by atoms with E-state index in [1.807, 2.05) is 17.5 Å². The van der Waals surface area contributed by atoms with Crippen LogP contribution in [0.1, 0.15) is 12.0 Å². The van der Waals surface area contributed by atoms with Crippen molar-refractivity contribution in [1.29, 1.82) is 0 Å². The molecule has 0 unspecified atom stereocenters. The topological polar surface area (TPSA) is 63.3 Å². The molecule has 1 aromatic carbocycles. The Morgan fingerprint density at radius 3 is 2.88 bits per heavy atom. The van der Waals surface area contributed by atoms with Gasteiger partial charge in [0, 0.05) is 4.90 Å². The largest absolute Gasteiger partial charge is 0.480 e. The molecule has 3 nitrogen and oxygen atoms in total. The summed E-state index contributed by atoms with van der Waals surface area (Å²) in [5.74, 6) is -0.940. The van der Waals surface area contributed by atoms with Crippen molar-refractivity contribution in [2.24, 2.45) is 5.73 Å². The number of hydrogen-bond donors (Lipinski definition) is 2. The fourth-order valence-electron chi connectivity index (χ4n) is 1.69. The van der Waals surface area contributed by atoms with E-state index in [9.17, 15) is 4.79 Å². The minimum absolute atomic E-state index is 0. The van der Waals surface area contributed by atoms with Crippen molar-refractivity contribution < 1.29 is 9.90 Å². The summed E-state index contributed by atoms with van der Waals surface area (Å²) < 4.78 is 0. The molecule has 0 saturated carbocycles. The SMILES string of the molecule is Cl.N[C@H](CC1=CSc2ccccc2C1)C(=O)O. The highest BCUT2D eigenvalue weighted by atomic mass is 35.5. The molecule has 0 spiro atoms. The molecule has 0 fully saturated rings. The Labute approximate surface area is 110 Å². The zero-order valence-corrected chi connectivity index (χ0v) is 10.8. The molecule has 5 heteroatoms. The number of hydrogen-bond acceptors (Lipinski definition) is 3. The number of halogens is 1. The van der Waals surface area contributed by atoms with Gasteiger partial charge in [-0.15, -0.1) is 12.4 Å². The molecule has 0 bridgehead atoms. The van der Waals surface area contributed by atoms with Crippen LogP contribution < -0.4 is 5.73 Å². The van der Waals surface area contributed by atoms with Gasteiger partial charge in [-0.1, -0.05) is 35.5 Å². The summed E-state index contributed by atoms with van der Waals surface area (Å²) in [7, 11) is 0. The zero-order valence-electron chi connectivity index (χ0n) is 9.13. The standard InChI is InChI=1S/C12H13NO2S.ClH/c13-10(12(14)15)6-8-5-9-3-1-2-4-11(9)16-7-8;/h1-4,7,10H,5-6,13H2,(H,14,15);1H/t10-;/m1./s1. The fourth-order valence-corrected chi connectivity index (χ4v) is 2.61. The highest BCUT2D eigenvalue weighted by Gasteiger charge is 2.17. The minimum atomic E-state index is -0.940. The minimum Gasteiger partial charge on any atom is -0.480 e. The van der Waals surface area contributed by atoms with Crippen molar-refractivity contribution in [3.8, 4) is 0 Å². The second kappa shape index (κ2) is 6.10. The Kier molecular flexibility index (Phi) is 5.05. The van der Waals surface area contributed by atoms with Crippen LogP contribution in [0.4, 0.5) is 0 Å². The lowest BCUT2D eigenvalue weighted by Crippen LogP contribution is -2.30. The summed E-state index contributed by atoms with van der Waals surface area (Å²) in [4.78, 5) is 11.9. The number of nitrogens with two attached hydrogens (primary N) is 1. The average molecular weight is 272 g/mol. The monoisotopic (exact) mass is 271 g/mol. The molecule has 17 heavy (non-hydrogen) atoms. The van der Waals surface area contributed by atoms with Gasteiger partial charge >= 0.3 is 5.97 Å². The van der Waals surface area contributed by atoms with Crippen LogP contribution in [-0.2, 0) is 11.2 Å². The number of benzene rings is 1. The third-order valence-electron chi connectivity index (χ3n) is 2.54. The van der Waals surface area contributed by atoms with Gasteiger partial charge in [-0.3, -0.25) is 4.79 Å². The molecule has 0 radical (unpaired) electrons. The van der Waals surface area contributed by atoms with Crippen molar-refractivity contribution in [2.75, 3.05) is 0 Å². The van der Waals surface area contributed by atoms with Gasteiger partial charge in [-0.25, -0.2) is 0 Å². The van der Waals surface area contributed by atoms with Crippen molar-refractivity contribution in [3.63, 3.8) is 0 Å². The van der Waals surface area contributed by atoms with Gasteiger partial charge in [0.15, 0.2) is 0 Å². The van der Waals surface area contributed by atoms with Crippen LogP contribution >= 0.6 is 24.2 Å². The van der Waals surface area contributed by atoms with Crippen molar-refractivity contribution in [1.82, 2.24) is 0 Å². The number of carboxylic acid groups (broad SMARTS) is 1. The lowest BCUT2D eigenvalue weighted by molar-refractivity contribution is -0.138. The molecule has 0 saturated heterocycles. The van der Waals surface area contributed by atoms with Gasteiger partial charge in [0.05, 0.1) is 0 Å². The van der Waals surface area contributed by atoms with E-state index in [1.54, 1.807) is 11.8 Å². The van der Waals surface area contributed by atoms with Gasteiger partial charge in [-0.05, 0) is 29.9 Å². The van der Waals surface area contributed by atoms with E-state index in [4.69, 9.17) is 10.8 Å². The fraction of sp³-hybridized carbons (Fsp3) is 0.250. The average Bonchev–Trinajstić information content (AvgIpc) is 2.28. The number of fused-ring (bicyclic) bond motifs is 1. The second-order valence-electron chi connectivity index (χ2n) is 3.83. The van der Waals surface area contributed by atoms with Crippen LogP contribution in [0.25, 0.3) is 0 Å². The summed E-state index contributed by atoms with van der Waals surface area (Å²) in [6.07, 6.45) is 1.24. The number of carbonyl (C=O) groups is 1. The van der Waals surface area contributed by atoms with Crippen LogP contribution in [0.15, 0.2) is 40.1 Å². The van der Waals surface area contributed by atoms with Crippen LogP contribution in [-0.4, -0.2) is 17.1 Å². The first-order chi connectivity index (χ1) is 7.66. The maximum Gasteiger partial charge on any atom is 0.320 e. The lowest BCUT2D eigenvalue weighted by atomic mass is 10.00. The number of aliphatic carboxylic acids is 1. The second-order valence-corrected chi connectivity index (χ2v) is 4.74. The quantitative estimate of drug-likeness (QED) is 0.886. The lowest BCUT2D eigenvalue weighted by Gasteiger charge is -2.17. The summed E-state index contributed by atoms with van der Waals surface area (Å²) in [5, 5.41) is 10.8. The van der Waals surface area contributed by atoms with Crippen molar-refractivity contribution in [2.45, 2.75) is 23.8 Å².